The molecule has 1 heterocycles. The summed E-state index contributed by atoms with van der Waals surface area (Å²) < 4.78 is 0. The van der Waals surface area contributed by atoms with Crippen LogP contribution in [0.4, 0.5) is 0 Å². The van der Waals surface area contributed by atoms with E-state index in [4.69, 9.17) is 0 Å². The van der Waals surface area contributed by atoms with Crippen LogP contribution < -0.4 is 5.43 Å². The third-order valence-electron chi connectivity index (χ3n) is 3.31. The van der Waals surface area contributed by atoms with Gasteiger partial charge in [0, 0.05) is 11.8 Å². The highest BCUT2D eigenvalue weighted by atomic mass is 16.3. The maximum absolute atomic E-state index is 10.0. The molecule has 22 heavy (non-hydrogen) atoms. The van der Waals surface area contributed by atoms with Gasteiger partial charge in [0.05, 0.1) is 17.6 Å². The van der Waals surface area contributed by atoms with Crippen molar-refractivity contribution in [1.82, 2.24) is 10.4 Å². The largest absolute Gasteiger partial charge is 0.507 e. The molecule has 108 valence electrons. The molecule has 0 fully saturated rings. The van der Waals surface area contributed by atoms with Gasteiger partial charge in [0.25, 0.3) is 0 Å². The second kappa shape index (κ2) is 6.10. The average Bonchev–Trinajstić information content (AvgIpc) is 2.57. The number of hydrogen-bond acceptors (Lipinski definition) is 4. The van der Waals surface area contributed by atoms with Crippen LogP contribution in [0.3, 0.4) is 0 Å². The number of phenolic OH excluding ortho intramolecular Hbond substituents is 1. The zero-order chi connectivity index (χ0) is 15.4. The summed E-state index contributed by atoms with van der Waals surface area (Å²) in [5.41, 5.74) is 4.82. The molecule has 0 aliphatic rings. The van der Waals surface area contributed by atoms with Gasteiger partial charge in [-0.25, -0.2) is 0 Å². The summed E-state index contributed by atoms with van der Waals surface area (Å²) in [5.74, 6) is 0.188. The van der Waals surface area contributed by atoms with Crippen molar-refractivity contribution in [2.24, 2.45) is 5.10 Å². The molecule has 3 aromatic rings. The Bertz CT molecular complexity index is 841. The van der Waals surface area contributed by atoms with Gasteiger partial charge in [-0.15, -0.1) is 0 Å². The van der Waals surface area contributed by atoms with Crippen molar-refractivity contribution in [2.45, 2.75) is 0 Å². The molecule has 0 radical (unpaired) electrons. The van der Waals surface area contributed by atoms with Crippen molar-refractivity contribution in [1.29, 1.82) is 0 Å². The summed E-state index contributed by atoms with van der Waals surface area (Å²) in [4.78, 5) is 4.19. The van der Waals surface area contributed by atoms with Gasteiger partial charge in [-0.1, -0.05) is 43.0 Å². The summed E-state index contributed by atoms with van der Waals surface area (Å²) >= 11 is 0. The maximum atomic E-state index is 10.0. The Morgan fingerprint density at radius 2 is 1.91 bits per heavy atom. The fraction of sp³-hybridized carbons (Fsp3) is 0. The minimum atomic E-state index is 0.188. The predicted molar refractivity (Wildman–Crippen MR) is 89.6 cm³/mol. The number of aromatic nitrogens is 1. The molecule has 4 nitrogen and oxygen atoms in total. The molecule has 0 amide bonds. The number of rotatable bonds is 4. The van der Waals surface area contributed by atoms with E-state index in [2.05, 4.69) is 22.1 Å². The van der Waals surface area contributed by atoms with Crippen LogP contribution in [0.5, 0.6) is 5.75 Å². The van der Waals surface area contributed by atoms with Crippen molar-refractivity contribution < 1.29 is 5.11 Å². The van der Waals surface area contributed by atoms with E-state index in [0.717, 1.165) is 16.5 Å². The van der Waals surface area contributed by atoms with Gasteiger partial charge in [-0.2, -0.15) is 5.10 Å². The third-order valence-corrected chi connectivity index (χ3v) is 3.31. The van der Waals surface area contributed by atoms with Gasteiger partial charge in [0.2, 0.25) is 0 Å². The van der Waals surface area contributed by atoms with E-state index in [0.29, 0.717) is 11.3 Å². The van der Waals surface area contributed by atoms with Gasteiger partial charge in [-0.05, 0) is 29.0 Å². The van der Waals surface area contributed by atoms with E-state index < -0.39 is 0 Å². The van der Waals surface area contributed by atoms with Gasteiger partial charge >= 0.3 is 0 Å². The first-order valence-electron chi connectivity index (χ1n) is 6.86. The number of hydrazone groups is 1. The highest BCUT2D eigenvalue weighted by Gasteiger charge is 2.04. The lowest BCUT2D eigenvalue weighted by Gasteiger charge is -2.06. The number of pyridine rings is 1. The van der Waals surface area contributed by atoms with Crippen LogP contribution in [0.15, 0.2) is 72.5 Å². The zero-order valence-corrected chi connectivity index (χ0v) is 11.9. The van der Waals surface area contributed by atoms with Gasteiger partial charge in [-0.3, -0.25) is 10.4 Å². The van der Waals surface area contributed by atoms with E-state index >= 15 is 0 Å². The van der Waals surface area contributed by atoms with Crippen LogP contribution in [0.2, 0.25) is 0 Å². The molecule has 0 bridgehead atoms. The van der Waals surface area contributed by atoms with E-state index in [1.807, 2.05) is 48.5 Å². The standard InChI is InChI=1S/C18H15N3O/c1-13(17-8-4-5-11-19-17)21-20-12-16-15-7-3-2-6-14(15)9-10-18(16)22/h2-12,21-22H,1H2/b20-12+. The lowest BCUT2D eigenvalue weighted by atomic mass is 10.0. The third kappa shape index (κ3) is 2.81. The van der Waals surface area contributed by atoms with Crippen LogP contribution >= 0.6 is 0 Å². The van der Waals surface area contributed by atoms with Crippen molar-refractivity contribution in [3.8, 4) is 5.75 Å². The van der Waals surface area contributed by atoms with Crippen LogP contribution in [0.25, 0.3) is 16.5 Å². The molecule has 2 N–H and O–H groups in total. The van der Waals surface area contributed by atoms with E-state index in [1.54, 1.807) is 18.5 Å². The second-order valence-electron chi connectivity index (χ2n) is 4.78. The molecule has 0 saturated heterocycles. The van der Waals surface area contributed by atoms with Crippen molar-refractivity contribution >= 4 is 22.7 Å². The molecule has 0 unspecified atom stereocenters. The molecule has 4 heteroatoms. The lowest BCUT2D eigenvalue weighted by Crippen LogP contribution is -2.05. The van der Waals surface area contributed by atoms with Gasteiger partial charge in [0.15, 0.2) is 0 Å². The fourth-order valence-corrected chi connectivity index (χ4v) is 2.19. The van der Waals surface area contributed by atoms with Crippen molar-refractivity contribution in [3.05, 3.63) is 78.6 Å². The Balaban J connectivity index is 1.84. The number of phenols is 1. The first kappa shape index (κ1) is 13.8. The number of nitrogens with one attached hydrogen (secondary N) is 1. The van der Waals surface area contributed by atoms with E-state index in [-0.39, 0.29) is 5.75 Å². The van der Waals surface area contributed by atoms with Crippen molar-refractivity contribution in [3.63, 3.8) is 0 Å². The highest BCUT2D eigenvalue weighted by Crippen LogP contribution is 2.25. The quantitative estimate of drug-likeness (QED) is 0.570. The topological polar surface area (TPSA) is 57.5 Å². The number of aromatic hydroxyl groups is 1. The summed E-state index contributed by atoms with van der Waals surface area (Å²) in [6.45, 7) is 3.89. The molecule has 0 atom stereocenters. The molecule has 0 spiro atoms. The van der Waals surface area contributed by atoms with Crippen LogP contribution in [0.1, 0.15) is 11.3 Å². The summed E-state index contributed by atoms with van der Waals surface area (Å²) in [6.07, 6.45) is 3.29. The number of benzene rings is 2. The highest BCUT2D eigenvalue weighted by molar-refractivity contribution is 6.02. The Hall–Kier alpha value is -3.14. The molecule has 2 aromatic carbocycles. The van der Waals surface area contributed by atoms with Gasteiger partial charge < -0.3 is 5.11 Å². The summed E-state index contributed by atoms with van der Waals surface area (Å²) in [7, 11) is 0. The molecular weight excluding hydrogens is 274 g/mol. The summed E-state index contributed by atoms with van der Waals surface area (Å²) in [5, 5.41) is 16.2. The normalized spacial score (nSPS) is 10.9. The maximum Gasteiger partial charge on any atom is 0.125 e. The Labute approximate surface area is 128 Å². The van der Waals surface area contributed by atoms with Crippen LogP contribution in [-0.2, 0) is 0 Å². The zero-order valence-electron chi connectivity index (χ0n) is 11.9. The van der Waals surface area contributed by atoms with Crippen LogP contribution in [0, 0.1) is 0 Å². The number of fused-ring (bicyclic) bond motifs is 1. The predicted octanol–water partition coefficient (Wildman–Crippen LogP) is 3.53. The average molecular weight is 289 g/mol. The smallest absolute Gasteiger partial charge is 0.125 e. The summed E-state index contributed by atoms with van der Waals surface area (Å²) in [6, 6.07) is 16.9. The first-order valence-corrected chi connectivity index (χ1v) is 6.86. The Morgan fingerprint density at radius 3 is 2.73 bits per heavy atom. The number of nitrogens with zero attached hydrogens (tertiary/aromatic N) is 2. The number of hydrogen-bond donors (Lipinski definition) is 2. The van der Waals surface area contributed by atoms with Gasteiger partial charge in [0.1, 0.15) is 5.75 Å². The molecule has 3 rings (SSSR count). The van der Waals surface area contributed by atoms with E-state index in [1.165, 1.54) is 0 Å². The van der Waals surface area contributed by atoms with Crippen LogP contribution in [-0.4, -0.2) is 16.3 Å². The molecule has 0 aliphatic carbocycles. The molecule has 1 aromatic heterocycles. The lowest BCUT2D eigenvalue weighted by molar-refractivity contribution is 0.475. The van der Waals surface area contributed by atoms with Crippen molar-refractivity contribution in [2.75, 3.05) is 0 Å². The Kier molecular flexibility index (Phi) is 3.83. The fourth-order valence-electron chi connectivity index (χ4n) is 2.19. The first-order chi connectivity index (χ1) is 10.8. The molecule has 0 aliphatic heterocycles. The Morgan fingerprint density at radius 1 is 1.09 bits per heavy atom. The second-order valence-corrected chi connectivity index (χ2v) is 4.78. The van der Waals surface area contributed by atoms with E-state index in [9.17, 15) is 5.11 Å². The molecule has 0 saturated carbocycles. The monoisotopic (exact) mass is 289 g/mol. The minimum Gasteiger partial charge on any atom is -0.507 e. The molecular formula is C18H15N3O. The minimum absolute atomic E-state index is 0.188. The SMILES string of the molecule is C=C(N/N=C/c1c(O)ccc2ccccc12)c1ccccn1.